The fourth-order valence-corrected chi connectivity index (χ4v) is 7.17. The Kier molecular flexibility index (Phi) is 6.88. The first-order chi connectivity index (χ1) is 20.3. The number of nitrogens with zero attached hydrogens (tertiary/aromatic N) is 6. The summed E-state index contributed by atoms with van der Waals surface area (Å²) in [6, 6.07) is 10.7. The molecule has 2 fully saturated rings. The number of pyridine rings is 1. The molecule has 1 saturated heterocycles. The number of hydrogen-bond acceptors (Lipinski definition) is 7. The van der Waals surface area contributed by atoms with Gasteiger partial charge in [0.05, 0.1) is 34.6 Å². The van der Waals surface area contributed by atoms with E-state index in [9.17, 15) is 4.79 Å². The second kappa shape index (κ2) is 10.7. The molecule has 3 aliphatic rings. The summed E-state index contributed by atoms with van der Waals surface area (Å²) in [5, 5.41) is 11.3. The summed E-state index contributed by atoms with van der Waals surface area (Å²) in [7, 11) is 4.10. The smallest absolute Gasteiger partial charge is 0.258 e. The van der Waals surface area contributed by atoms with Crippen LogP contribution in [0.15, 0.2) is 30.3 Å². The molecule has 0 spiro atoms. The molecule has 42 heavy (non-hydrogen) atoms. The highest BCUT2D eigenvalue weighted by molar-refractivity contribution is 6.05. The molecule has 0 radical (unpaired) electrons. The van der Waals surface area contributed by atoms with Crippen molar-refractivity contribution in [2.45, 2.75) is 58.5 Å². The fourth-order valence-electron chi connectivity index (χ4n) is 7.17. The summed E-state index contributed by atoms with van der Waals surface area (Å²) in [5.41, 5.74) is 6.81. The third kappa shape index (κ3) is 4.91. The van der Waals surface area contributed by atoms with Gasteiger partial charge in [0.2, 0.25) is 11.8 Å². The molecular formula is C32H40N8O2. The lowest BCUT2D eigenvalue weighted by molar-refractivity contribution is 0.102. The standard InChI is InChI=1S/C32H40N8O2/c1-19-13-23-15-27(34-19)29-20(2)37-39(4)31(29)42-18-22-6-5-21(14-22)17-40-28-16-25(38(3)24-9-11-33-12-10-24)7-8-26(28)35-32(40)36-30(23)41/h7-8,13,15-16,21-22,24,33H,5-6,9-12,14,17-18H2,1-4H3,(H,35,36,41)/t21-,22+/m1/s1. The Bertz CT molecular complexity index is 1650. The lowest BCUT2D eigenvalue weighted by Gasteiger charge is -2.33. The van der Waals surface area contributed by atoms with Crippen LogP contribution in [0.4, 0.5) is 11.6 Å². The van der Waals surface area contributed by atoms with Crippen LogP contribution in [-0.2, 0) is 13.6 Å². The van der Waals surface area contributed by atoms with Crippen molar-refractivity contribution in [2.24, 2.45) is 18.9 Å². The van der Waals surface area contributed by atoms with Crippen molar-refractivity contribution in [1.82, 2.24) is 29.6 Å². The maximum Gasteiger partial charge on any atom is 0.258 e. The van der Waals surface area contributed by atoms with Gasteiger partial charge in [-0.3, -0.25) is 15.1 Å². The topological polar surface area (TPSA) is 102 Å². The van der Waals surface area contributed by atoms with Gasteiger partial charge in [-0.2, -0.15) is 5.10 Å². The van der Waals surface area contributed by atoms with Gasteiger partial charge >= 0.3 is 0 Å². The number of aromatic nitrogens is 5. The molecule has 2 atom stereocenters. The van der Waals surface area contributed by atoms with E-state index >= 15 is 0 Å². The van der Waals surface area contributed by atoms with Crippen molar-refractivity contribution < 1.29 is 9.53 Å². The normalized spacial score (nSPS) is 21.2. The number of piperidine rings is 1. The fraction of sp³-hybridized carbons (Fsp3) is 0.500. The molecule has 2 aliphatic heterocycles. The second-order valence-electron chi connectivity index (χ2n) is 12.4. The molecule has 10 nitrogen and oxygen atoms in total. The Morgan fingerprint density at radius 3 is 2.67 bits per heavy atom. The van der Waals surface area contributed by atoms with Gasteiger partial charge in [-0.1, -0.05) is 0 Å². The van der Waals surface area contributed by atoms with Crippen LogP contribution in [0.2, 0.25) is 0 Å². The zero-order valence-corrected chi connectivity index (χ0v) is 25.0. The van der Waals surface area contributed by atoms with E-state index in [2.05, 4.69) is 50.4 Å². The summed E-state index contributed by atoms with van der Waals surface area (Å²) >= 11 is 0. The number of aryl methyl sites for hydroxylation is 3. The van der Waals surface area contributed by atoms with E-state index in [1.165, 1.54) is 5.69 Å². The molecule has 0 unspecified atom stereocenters. The van der Waals surface area contributed by atoms with E-state index in [0.717, 1.165) is 79.7 Å². The van der Waals surface area contributed by atoms with Crippen LogP contribution in [0, 0.1) is 25.7 Å². The third-order valence-electron chi connectivity index (χ3n) is 9.41. The first-order valence-corrected chi connectivity index (χ1v) is 15.2. The van der Waals surface area contributed by atoms with Crippen LogP contribution >= 0.6 is 0 Å². The minimum Gasteiger partial charge on any atom is -0.477 e. The number of rotatable bonds is 2. The van der Waals surface area contributed by atoms with Crippen LogP contribution in [0.25, 0.3) is 22.3 Å². The number of amides is 1. The second-order valence-corrected chi connectivity index (χ2v) is 12.4. The quantitative estimate of drug-likeness (QED) is 0.362. The van der Waals surface area contributed by atoms with E-state index in [1.807, 2.05) is 33.0 Å². The number of fused-ring (bicyclic) bond motifs is 9. The molecule has 4 bridgehead atoms. The van der Waals surface area contributed by atoms with Crippen molar-refractivity contribution in [3.05, 3.63) is 47.3 Å². The zero-order valence-electron chi connectivity index (χ0n) is 25.0. The summed E-state index contributed by atoms with van der Waals surface area (Å²) in [5.74, 6) is 2.03. The van der Waals surface area contributed by atoms with Crippen LogP contribution in [0.1, 0.15) is 53.8 Å². The molecule has 4 aromatic rings. The minimum atomic E-state index is -0.200. The molecule has 5 heterocycles. The Balaban J connectivity index is 1.31. The maximum atomic E-state index is 13.8. The average Bonchev–Trinajstić information content (AvgIpc) is 3.66. The van der Waals surface area contributed by atoms with E-state index in [4.69, 9.17) is 14.7 Å². The van der Waals surface area contributed by atoms with Crippen molar-refractivity contribution in [2.75, 3.05) is 37.0 Å². The first-order valence-electron chi connectivity index (χ1n) is 15.2. The molecule has 10 heteroatoms. The SMILES string of the molecule is Cc1cc2cc(n1)-c1c(C)nn(C)c1OC[C@H]1CC[C@H](C1)Cn1c(nc3ccc(N(C)C4CCNCC4)cc31)NC2=O. The molecule has 1 aliphatic carbocycles. The van der Waals surface area contributed by atoms with Crippen molar-refractivity contribution in [1.29, 1.82) is 0 Å². The van der Waals surface area contributed by atoms with Crippen molar-refractivity contribution >= 4 is 28.6 Å². The third-order valence-corrected chi connectivity index (χ3v) is 9.41. The van der Waals surface area contributed by atoms with Crippen LogP contribution in [-0.4, -0.2) is 63.0 Å². The molecule has 220 valence electrons. The summed E-state index contributed by atoms with van der Waals surface area (Å²) in [6.07, 6.45) is 5.56. The van der Waals surface area contributed by atoms with Crippen LogP contribution < -0.4 is 20.3 Å². The molecule has 3 aromatic heterocycles. The highest BCUT2D eigenvalue weighted by Crippen LogP contribution is 2.38. The predicted molar refractivity (Wildman–Crippen MR) is 164 cm³/mol. The van der Waals surface area contributed by atoms with Crippen LogP contribution in [0.3, 0.4) is 0 Å². The van der Waals surface area contributed by atoms with Gasteiger partial charge in [0.25, 0.3) is 5.91 Å². The zero-order chi connectivity index (χ0) is 29.0. The molecule has 1 saturated carbocycles. The van der Waals surface area contributed by atoms with Gasteiger partial charge in [0.15, 0.2) is 0 Å². The van der Waals surface area contributed by atoms with E-state index in [1.54, 1.807) is 4.68 Å². The lowest BCUT2D eigenvalue weighted by Crippen LogP contribution is -2.41. The summed E-state index contributed by atoms with van der Waals surface area (Å²) < 4.78 is 10.5. The van der Waals surface area contributed by atoms with Gasteiger partial charge in [0.1, 0.15) is 0 Å². The largest absolute Gasteiger partial charge is 0.477 e. The maximum absolute atomic E-state index is 13.8. The lowest BCUT2D eigenvalue weighted by atomic mass is 10.0. The highest BCUT2D eigenvalue weighted by atomic mass is 16.5. The number of anilines is 2. The Morgan fingerprint density at radius 1 is 1.02 bits per heavy atom. The summed E-state index contributed by atoms with van der Waals surface area (Å²) in [4.78, 5) is 25.9. The van der Waals surface area contributed by atoms with Gasteiger partial charge in [-0.05, 0) is 101 Å². The Morgan fingerprint density at radius 2 is 1.83 bits per heavy atom. The Hall–Kier alpha value is -3.92. The molecule has 1 aromatic carbocycles. The summed E-state index contributed by atoms with van der Waals surface area (Å²) in [6.45, 7) is 7.42. The minimum absolute atomic E-state index is 0.200. The number of hydrogen-bond donors (Lipinski definition) is 2. The molecule has 7 rings (SSSR count). The number of carbonyl (C=O) groups excluding carboxylic acids is 1. The number of nitrogens with one attached hydrogen (secondary N) is 2. The monoisotopic (exact) mass is 568 g/mol. The number of ether oxygens (including phenoxy) is 1. The molecule has 2 N–H and O–H groups in total. The van der Waals surface area contributed by atoms with Crippen molar-refractivity contribution in [3.63, 3.8) is 0 Å². The van der Waals surface area contributed by atoms with Crippen LogP contribution in [0.5, 0.6) is 5.88 Å². The highest BCUT2D eigenvalue weighted by Gasteiger charge is 2.30. The molecule has 1 amide bonds. The van der Waals surface area contributed by atoms with E-state index < -0.39 is 0 Å². The first kappa shape index (κ1) is 26.9. The van der Waals surface area contributed by atoms with Gasteiger partial charge in [-0.25, -0.2) is 9.67 Å². The van der Waals surface area contributed by atoms with E-state index in [0.29, 0.717) is 47.6 Å². The van der Waals surface area contributed by atoms with Gasteiger partial charge in [0, 0.05) is 43.6 Å². The Labute approximate surface area is 246 Å². The number of carbonyl (C=O) groups is 1. The van der Waals surface area contributed by atoms with Gasteiger partial charge in [-0.15, -0.1) is 0 Å². The average molecular weight is 569 g/mol. The van der Waals surface area contributed by atoms with Gasteiger partial charge < -0.3 is 19.5 Å². The number of benzene rings is 1. The molecular weight excluding hydrogens is 528 g/mol. The van der Waals surface area contributed by atoms with Crippen molar-refractivity contribution in [3.8, 4) is 17.1 Å². The number of imidazole rings is 1. The van der Waals surface area contributed by atoms with E-state index in [-0.39, 0.29) is 5.91 Å². The predicted octanol–water partition coefficient (Wildman–Crippen LogP) is 4.70.